The van der Waals surface area contributed by atoms with Gasteiger partial charge in [-0.25, -0.2) is 14.4 Å². The molecule has 6 nitrogen and oxygen atoms in total. The molecule has 2 heterocycles. The third kappa shape index (κ3) is 3.64. The van der Waals surface area contributed by atoms with Crippen LogP contribution in [0.1, 0.15) is 24.9 Å². The number of hydroxylamine groups is 1. The minimum absolute atomic E-state index is 0.306. The van der Waals surface area contributed by atoms with Gasteiger partial charge in [-0.1, -0.05) is 43.3 Å². The summed E-state index contributed by atoms with van der Waals surface area (Å²) in [5.41, 5.74) is 1.38. The fraction of sp³-hybridized carbons (Fsp3) is 0.231. The van der Waals surface area contributed by atoms with Crippen LogP contribution in [-0.4, -0.2) is 24.5 Å². The van der Waals surface area contributed by atoms with E-state index in [2.05, 4.69) is 0 Å². The Labute approximate surface area is 191 Å². The molecule has 2 amide bonds. The van der Waals surface area contributed by atoms with Crippen molar-refractivity contribution in [2.24, 2.45) is 5.92 Å². The van der Waals surface area contributed by atoms with Crippen LogP contribution >= 0.6 is 0 Å². The van der Waals surface area contributed by atoms with Crippen LogP contribution in [-0.2, 0) is 14.4 Å². The molecular formula is C26H23FN2O4. The Morgan fingerprint density at radius 1 is 0.879 bits per heavy atom. The van der Waals surface area contributed by atoms with E-state index in [1.165, 1.54) is 11.1 Å². The molecule has 0 spiro atoms. The zero-order valence-corrected chi connectivity index (χ0v) is 18.1. The second-order valence-corrected chi connectivity index (χ2v) is 8.03. The first kappa shape index (κ1) is 21.2. The van der Waals surface area contributed by atoms with Gasteiger partial charge in [-0.15, -0.1) is 0 Å². The van der Waals surface area contributed by atoms with Gasteiger partial charge in [0.15, 0.2) is 6.10 Å². The number of halogens is 1. The third-order valence-electron chi connectivity index (χ3n) is 5.92. The lowest BCUT2D eigenvalue weighted by Gasteiger charge is -2.29. The molecule has 2 saturated heterocycles. The molecule has 0 radical (unpaired) electrons. The number of rotatable bonds is 6. The lowest BCUT2D eigenvalue weighted by Crippen LogP contribution is -2.37. The van der Waals surface area contributed by atoms with Crippen LogP contribution in [0.25, 0.3) is 0 Å². The lowest BCUT2D eigenvalue weighted by molar-refractivity contribution is -0.126. The average molecular weight is 446 g/mol. The SMILES string of the molecule is CCCOc1ccc(N2C(=O)[C@H]3[C@@H](c4ccccc4F)N(c4ccccc4)O[C@H]3C2=O)cc1. The highest BCUT2D eigenvalue weighted by Gasteiger charge is 2.60. The number of carbonyl (C=O) groups is 2. The molecule has 33 heavy (non-hydrogen) atoms. The molecular weight excluding hydrogens is 423 g/mol. The number of hydrogen-bond donors (Lipinski definition) is 0. The molecule has 3 aromatic carbocycles. The molecule has 3 aromatic rings. The Morgan fingerprint density at radius 3 is 2.27 bits per heavy atom. The molecule has 0 N–H and O–H groups in total. The van der Waals surface area contributed by atoms with Crippen molar-refractivity contribution in [1.82, 2.24) is 0 Å². The van der Waals surface area contributed by atoms with Gasteiger partial charge >= 0.3 is 0 Å². The minimum Gasteiger partial charge on any atom is -0.494 e. The summed E-state index contributed by atoms with van der Waals surface area (Å²) in [6.45, 7) is 2.60. The van der Waals surface area contributed by atoms with Crippen LogP contribution in [0.15, 0.2) is 78.9 Å². The van der Waals surface area contributed by atoms with Crippen molar-refractivity contribution >= 4 is 23.2 Å². The maximum absolute atomic E-state index is 14.9. The van der Waals surface area contributed by atoms with Gasteiger partial charge < -0.3 is 4.74 Å². The van der Waals surface area contributed by atoms with E-state index in [9.17, 15) is 14.0 Å². The van der Waals surface area contributed by atoms with Gasteiger partial charge in [-0.05, 0) is 48.9 Å². The van der Waals surface area contributed by atoms with E-state index in [1.807, 2.05) is 25.1 Å². The number of nitrogens with zero attached hydrogens (tertiary/aromatic N) is 2. The van der Waals surface area contributed by atoms with Crippen molar-refractivity contribution in [2.75, 3.05) is 16.6 Å². The molecule has 2 aliphatic heterocycles. The highest BCUT2D eigenvalue weighted by Crippen LogP contribution is 2.48. The van der Waals surface area contributed by atoms with Crippen LogP contribution < -0.4 is 14.7 Å². The van der Waals surface area contributed by atoms with Gasteiger partial charge in [0.1, 0.15) is 17.5 Å². The Balaban J connectivity index is 1.51. The molecule has 0 unspecified atom stereocenters. The van der Waals surface area contributed by atoms with Gasteiger partial charge in [0, 0.05) is 5.56 Å². The Kier molecular flexibility index (Phi) is 5.56. The first-order chi connectivity index (χ1) is 16.1. The van der Waals surface area contributed by atoms with Crippen molar-refractivity contribution in [3.8, 4) is 5.75 Å². The number of amides is 2. The van der Waals surface area contributed by atoms with E-state index < -0.39 is 35.7 Å². The summed E-state index contributed by atoms with van der Waals surface area (Å²) in [6, 6.07) is 21.4. The van der Waals surface area contributed by atoms with Crippen molar-refractivity contribution in [1.29, 1.82) is 0 Å². The normalized spacial score (nSPS) is 22.1. The molecule has 7 heteroatoms. The molecule has 168 valence electrons. The van der Waals surface area contributed by atoms with Gasteiger partial charge in [0.05, 0.1) is 24.0 Å². The quantitative estimate of drug-likeness (QED) is 0.515. The lowest BCUT2D eigenvalue weighted by atomic mass is 9.90. The summed E-state index contributed by atoms with van der Waals surface area (Å²) in [5, 5.41) is 1.49. The Bertz CT molecular complexity index is 1170. The molecule has 5 rings (SSSR count). The highest BCUT2D eigenvalue weighted by molar-refractivity contribution is 6.23. The molecule has 0 aromatic heterocycles. The molecule has 0 saturated carbocycles. The Morgan fingerprint density at radius 2 is 1.58 bits per heavy atom. The van der Waals surface area contributed by atoms with Crippen molar-refractivity contribution in [2.45, 2.75) is 25.5 Å². The number of para-hydroxylation sites is 1. The number of anilines is 2. The summed E-state index contributed by atoms with van der Waals surface area (Å²) in [5.74, 6) is -1.56. The van der Waals surface area contributed by atoms with E-state index in [-0.39, 0.29) is 0 Å². The summed E-state index contributed by atoms with van der Waals surface area (Å²) >= 11 is 0. The fourth-order valence-corrected chi connectivity index (χ4v) is 4.41. The predicted octanol–water partition coefficient (Wildman–Crippen LogP) is 4.67. The number of imide groups is 1. The number of carbonyl (C=O) groups excluding carboxylic acids is 2. The van der Waals surface area contributed by atoms with E-state index in [0.717, 1.165) is 11.3 Å². The first-order valence-corrected chi connectivity index (χ1v) is 11.0. The van der Waals surface area contributed by atoms with E-state index >= 15 is 0 Å². The number of hydrogen-bond acceptors (Lipinski definition) is 5. The summed E-state index contributed by atoms with van der Waals surface area (Å²) in [6.07, 6.45) is -0.167. The molecule has 3 atom stereocenters. The van der Waals surface area contributed by atoms with Gasteiger partial charge in [0.25, 0.3) is 5.91 Å². The van der Waals surface area contributed by atoms with Crippen LogP contribution in [0, 0.1) is 11.7 Å². The first-order valence-electron chi connectivity index (χ1n) is 11.0. The monoisotopic (exact) mass is 446 g/mol. The summed E-state index contributed by atoms with van der Waals surface area (Å²) < 4.78 is 20.5. The zero-order chi connectivity index (χ0) is 22.9. The van der Waals surface area contributed by atoms with Gasteiger partial charge in [-0.2, -0.15) is 0 Å². The second kappa shape index (κ2) is 8.67. The largest absolute Gasteiger partial charge is 0.494 e. The second-order valence-electron chi connectivity index (χ2n) is 8.03. The number of fused-ring (bicyclic) bond motifs is 1. The fourth-order valence-electron chi connectivity index (χ4n) is 4.41. The van der Waals surface area contributed by atoms with Gasteiger partial charge in [0.2, 0.25) is 5.91 Å². The van der Waals surface area contributed by atoms with E-state index in [1.54, 1.807) is 54.6 Å². The molecule has 2 fully saturated rings. The standard InChI is InChI=1S/C26H23FN2O4/c1-2-16-32-19-14-12-17(13-15-19)28-25(30)22-23(20-10-6-7-11-21(20)27)29(33-24(22)26(28)31)18-8-4-3-5-9-18/h3-15,22-24H,2,16H2,1H3/t22-,23+,24+/m0/s1. The highest BCUT2D eigenvalue weighted by atomic mass is 19.1. The summed E-state index contributed by atoms with van der Waals surface area (Å²) in [4.78, 5) is 34.1. The number of ether oxygens (including phenoxy) is 1. The maximum Gasteiger partial charge on any atom is 0.266 e. The minimum atomic E-state index is -1.04. The number of benzene rings is 3. The van der Waals surface area contributed by atoms with Crippen molar-refractivity contribution < 1.29 is 23.6 Å². The predicted molar refractivity (Wildman–Crippen MR) is 121 cm³/mol. The molecule has 2 aliphatic rings. The molecule has 0 aliphatic carbocycles. The smallest absolute Gasteiger partial charge is 0.266 e. The molecule has 0 bridgehead atoms. The van der Waals surface area contributed by atoms with E-state index in [0.29, 0.717) is 29.3 Å². The van der Waals surface area contributed by atoms with Crippen LogP contribution in [0.3, 0.4) is 0 Å². The third-order valence-corrected chi connectivity index (χ3v) is 5.92. The maximum atomic E-state index is 14.9. The van der Waals surface area contributed by atoms with Crippen LogP contribution in [0.5, 0.6) is 5.75 Å². The van der Waals surface area contributed by atoms with Crippen LogP contribution in [0.4, 0.5) is 15.8 Å². The van der Waals surface area contributed by atoms with Crippen LogP contribution in [0.2, 0.25) is 0 Å². The van der Waals surface area contributed by atoms with Gasteiger partial charge in [-0.3, -0.25) is 14.4 Å². The topological polar surface area (TPSA) is 59.1 Å². The van der Waals surface area contributed by atoms with Crippen molar-refractivity contribution in [3.63, 3.8) is 0 Å². The zero-order valence-electron chi connectivity index (χ0n) is 18.1. The van der Waals surface area contributed by atoms with Crippen molar-refractivity contribution in [3.05, 3.63) is 90.2 Å². The van der Waals surface area contributed by atoms with E-state index in [4.69, 9.17) is 9.57 Å². The Hall–Kier alpha value is -3.71. The average Bonchev–Trinajstić information content (AvgIpc) is 3.35. The summed E-state index contributed by atoms with van der Waals surface area (Å²) in [7, 11) is 0.